The molecule has 1 aliphatic rings. The minimum Gasteiger partial charge on any atom is -0.488 e. The van der Waals surface area contributed by atoms with Crippen LogP contribution in [0.15, 0.2) is 18.2 Å². The lowest BCUT2D eigenvalue weighted by atomic mass is 10.2. The molecule has 0 amide bonds. The summed E-state index contributed by atoms with van der Waals surface area (Å²) >= 11 is 0. The van der Waals surface area contributed by atoms with E-state index >= 15 is 0 Å². The van der Waals surface area contributed by atoms with Gasteiger partial charge in [-0.3, -0.25) is 0 Å². The molecule has 15 heavy (non-hydrogen) atoms. The third-order valence-electron chi connectivity index (χ3n) is 2.47. The van der Waals surface area contributed by atoms with Crippen molar-refractivity contribution in [2.24, 2.45) is 5.92 Å². The third kappa shape index (κ3) is 2.65. The van der Waals surface area contributed by atoms with Gasteiger partial charge in [0.25, 0.3) is 0 Å². The summed E-state index contributed by atoms with van der Waals surface area (Å²) in [6.45, 7) is 0.0627. The third-order valence-corrected chi connectivity index (χ3v) is 2.47. The second-order valence-electron chi connectivity index (χ2n) is 3.79. The first kappa shape index (κ1) is 10.4. The number of rotatable bonds is 4. The second kappa shape index (κ2) is 4.14. The molecule has 4 heteroatoms. The van der Waals surface area contributed by atoms with E-state index in [4.69, 9.17) is 4.74 Å². The van der Waals surface area contributed by atoms with Gasteiger partial charge in [0.05, 0.1) is 6.10 Å². The zero-order valence-electron chi connectivity index (χ0n) is 8.12. The maximum atomic E-state index is 13.1. The number of hydrogen-bond donors (Lipinski definition) is 1. The summed E-state index contributed by atoms with van der Waals surface area (Å²) < 4.78 is 30.7. The van der Waals surface area contributed by atoms with Crippen molar-refractivity contribution in [3.8, 4) is 5.75 Å². The Morgan fingerprint density at radius 1 is 1.40 bits per heavy atom. The largest absolute Gasteiger partial charge is 0.488 e. The van der Waals surface area contributed by atoms with E-state index in [0.29, 0.717) is 0 Å². The van der Waals surface area contributed by atoms with Gasteiger partial charge >= 0.3 is 0 Å². The van der Waals surface area contributed by atoms with Gasteiger partial charge < -0.3 is 9.84 Å². The first-order valence-electron chi connectivity index (χ1n) is 4.93. The van der Waals surface area contributed by atoms with Crippen LogP contribution in [0.2, 0.25) is 0 Å². The van der Waals surface area contributed by atoms with Crippen LogP contribution in [0.4, 0.5) is 8.78 Å². The smallest absolute Gasteiger partial charge is 0.167 e. The lowest BCUT2D eigenvalue weighted by molar-refractivity contribution is 0.0874. The quantitative estimate of drug-likeness (QED) is 0.831. The van der Waals surface area contributed by atoms with Crippen LogP contribution in [-0.4, -0.2) is 17.8 Å². The van der Waals surface area contributed by atoms with Crippen molar-refractivity contribution in [3.05, 3.63) is 29.8 Å². The Balaban J connectivity index is 1.92. The maximum absolute atomic E-state index is 13.1. The van der Waals surface area contributed by atoms with Crippen LogP contribution in [0.5, 0.6) is 5.75 Å². The molecule has 0 heterocycles. The molecule has 1 N–H and O–H groups in total. The molecule has 0 aliphatic heterocycles. The number of halogens is 2. The lowest BCUT2D eigenvalue weighted by Gasteiger charge is -2.11. The summed E-state index contributed by atoms with van der Waals surface area (Å²) in [6.07, 6.45) is 1.45. The molecule has 2 rings (SSSR count). The zero-order chi connectivity index (χ0) is 10.8. The molecule has 2 nitrogen and oxygen atoms in total. The van der Waals surface area contributed by atoms with Crippen molar-refractivity contribution in [2.75, 3.05) is 6.61 Å². The summed E-state index contributed by atoms with van der Waals surface area (Å²) in [7, 11) is 0. The highest BCUT2D eigenvalue weighted by atomic mass is 19.1. The molecule has 1 unspecified atom stereocenters. The molecule has 0 bridgehead atoms. The van der Waals surface area contributed by atoms with Gasteiger partial charge in [0, 0.05) is 6.07 Å². The van der Waals surface area contributed by atoms with E-state index in [1.165, 1.54) is 6.07 Å². The van der Waals surface area contributed by atoms with Gasteiger partial charge in [-0.2, -0.15) is 0 Å². The van der Waals surface area contributed by atoms with Crippen LogP contribution in [0.1, 0.15) is 12.8 Å². The SMILES string of the molecule is OC(COc1ccc(F)cc1F)C1CC1. The van der Waals surface area contributed by atoms with Crippen molar-refractivity contribution in [1.29, 1.82) is 0 Å². The highest BCUT2D eigenvalue weighted by molar-refractivity contribution is 5.24. The van der Waals surface area contributed by atoms with E-state index in [-0.39, 0.29) is 18.3 Å². The van der Waals surface area contributed by atoms with E-state index < -0.39 is 17.7 Å². The van der Waals surface area contributed by atoms with Gasteiger partial charge in [-0.15, -0.1) is 0 Å². The van der Waals surface area contributed by atoms with Gasteiger partial charge in [0.2, 0.25) is 0 Å². The Hall–Kier alpha value is -1.16. The second-order valence-corrected chi connectivity index (χ2v) is 3.79. The van der Waals surface area contributed by atoms with E-state index in [2.05, 4.69) is 0 Å². The minimum atomic E-state index is -0.738. The summed E-state index contributed by atoms with van der Waals surface area (Å²) in [5.41, 5.74) is 0. The molecule has 1 aromatic rings. The van der Waals surface area contributed by atoms with Crippen molar-refractivity contribution in [1.82, 2.24) is 0 Å². The molecular weight excluding hydrogens is 202 g/mol. The highest BCUT2D eigenvalue weighted by Gasteiger charge is 2.30. The van der Waals surface area contributed by atoms with Crippen molar-refractivity contribution >= 4 is 0 Å². The molecule has 1 aliphatic carbocycles. The fourth-order valence-corrected chi connectivity index (χ4v) is 1.38. The minimum absolute atomic E-state index is 0.0175. The average molecular weight is 214 g/mol. The molecule has 1 fully saturated rings. The Kier molecular flexibility index (Phi) is 2.86. The number of hydrogen-bond acceptors (Lipinski definition) is 2. The number of aliphatic hydroxyl groups excluding tert-OH is 1. The monoisotopic (exact) mass is 214 g/mol. The predicted octanol–water partition coefficient (Wildman–Crippen LogP) is 2.11. The number of aliphatic hydroxyl groups is 1. The van der Waals surface area contributed by atoms with Gasteiger partial charge in [-0.25, -0.2) is 8.78 Å². The first-order chi connectivity index (χ1) is 7.16. The summed E-state index contributed by atoms with van der Waals surface area (Å²) in [5, 5.41) is 9.47. The van der Waals surface area contributed by atoms with E-state index in [1.807, 2.05) is 0 Å². The molecule has 0 spiro atoms. The van der Waals surface area contributed by atoms with Gasteiger partial charge in [0.1, 0.15) is 12.4 Å². The molecule has 0 radical (unpaired) electrons. The molecule has 1 aromatic carbocycles. The summed E-state index contributed by atoms with van der Waals surface area (Å²) in [6, 6.07) is 3.12. The topological polar surface area (TPSA) is 29.5 Å². The van der Waals surface area contributed by atoms with Crippen LogP contribution < -0.4 is 4.74 Å². The summed E-state index contributed by atoms with van der Waals surface area (Å²) in [4.78, 5) is 0. The first-order valence-corrected chi connectivity index (χ1v) is 4.93. The van der Waals surface area contributed by atoms with Crippen LogP contribution in [0.25, 0.3) is 0 Å². The fourth-order valence-electron chi connectivity index (χ4n) is 1.38. The van der Waals surface area contributed by atoms with Crippen LogP contribution in [0, 0.1) is 17.6 Å². The summed E-state index contributed by atoms with van der Waals surface area (Å²) in [5.74, 6) is -1.11. The van der Waals surface area contributed by atoms with Gasteiger partial charge in [-0.1, -0.05) is 0 Å². The Morgan fingerprint density at radius 3 is 2.73 bits per heavy atom. The van der Waals surface area contributed by atoms with Crippen LogP contribution in [-0.2, 0) is 0 Å². The van der Waals surface area contributed by atoms with E-state index in [0.717, 1.165) is 25.0 Å². The van der Waals surface area contributed by atoms with Crippen molar-refractivity contribution in [2.45, 2.75) is 18.9 Å². The lowest BCUT2D eigenvalue weighted by Crippen LogP contribution is -2.19. The van der Waals surface area contributed by atoms with Crippen LogP contribution >= 0.6 is 0 Å². The zero-order valence-corrected chi connectivity index (χ0v) is 8.12. The van der Waals surface area contributed by atoms with E-state index in [9.17, 15) is 13.9 Å². The fraction of sp³-hybridized carbons (Fsp3) is 0.455. The Bertz CT molecular complexity index is 350. The van der Waals surface area contributed by atoms with Crippen LogP contribution in [0.3, 0.4) is 0 Å². The van der Waals surface area contributed by atoms with Gasteiger partial charge in [0.15, 0.2) is 11.6 Å². The molecule has 1 atom stereocenters. The Morgan fingerprint density at radius 2 is 2.13 bits per heavy atom. The molecule has 0 aromatic heterocycles. The molecule has 1 saturated carbocycles. The number of ether oxygens (including phenoxy) is 1. The molecular formula is C11H12F2O2. The standard InChI is InChI=1S/C11H12F2O2/c12-8-3-4-11(9(13)5-8)15-6-10(14)7-1-2-7/h3-5,7,10,14H,1-2,6H2. The van der Waals surface area contributed by atoms with Crippen molar-refractivity contribution in [3.63, 3.8) is 0 Å². The highest BCUT2D eigenvalue weighted by Crippen LogP contribution is 2.32. The molecule has 82 valence electrons. The van der Waals surface area contributed by atoms with Crippen molar-refractivity contribution < 1.29 is 18.6 Å². The predicted molar refractivity (Wildman–Crippen MR) is 50.6 cm³/mol. The number of benzene rings is 1. The van der Waals surface area contributed by atoms with E-state index in [1.54, 1.807) is 0 Å². The maximum Gasteiger partial charge on any atom is 0.167 e. The average Bonchev–Trinajstić information content (AvgIpc) is 2.99. The normalized spacial score (nSPS) is 17.5. The van der Waals surface area contributed by atoms with Gasteiger partial charge in [-0.05, 0) is 30.9 Å². The Labute approximate surface area is 86.5 Å². The molecule has 0 saturated heterocycles.